The largest absolute Gasteiger partial charge is 0.326 e. The summed E-state index contributed by atoms with van der Waals surface area (Å²) >= 11 is 1.48. The Morgan fingerprint density at radius 1 is 1.00 bits per heavy atom. The first-order valence-electron chi connectivity index (χ1n) is 8.87. The average molecular weight is 379 g/mol. The van der Waals surface area contributed by atoms with Crippen LogP contribution in [0.5, 0.6) is 0 Å². The van der Waals surface area contributed by atoms with Gasteiger partial charge in [-0.05, 0) is 24.6 Å². The molecule has 3 aromatic rings. The molecule has 1 aromatic heterocycles. The lowest BCUT2D eigenvalue weighted by atomic mass is 10.1. The number of carbonyl (C=O) groups excluding carboxylic acids is 2. The molecule has 0 aliphatic heterocycles. The van der Waals surface area contributed by atoms with E-state index < -0.39 is 0 Å². The molecule has 1 heterocycles. The highest BCUT2D eigenvalue weighted by Crippen LogP contribution is 2.31. The van der Waals surface area contributed by atoms with Gasteiger partial charge in [-0.1, -0.05) is 50.2 Å². The predicted molar refractivity (Wildman–Crippen MR) is 110 cm³/mol. The van der Waals surface area contributed by atoms with Crippen LogP contribution in [0.15, 0.2) is 54.6 Å². The van der Waals surface area contributed by atoms with Crippen molar-refractivity contribution < 1.29 is 9.59 Å². The highest BCUT2D eigenvalue weighted by molar-refractivity contribution is 7.16. The number of nitrogens with zero attached hydrogens (tertiary/aromatic N) is 1. The number of aromatic nitrogens is 1. The Kier molecular flexibility index (Phi) is 5.98. The molecule has 0 atom stereocenters. The Balaban J connectivity index is 1.79. The van der Waals surface area contributed by atoms with Crippen LogP contribution < -0.4 is 10.6 Å². The molecule has 0 spiro atoms. The van der Waals surface area contributed by atoms with Crippen LogP contribution in [0.1, 0.15) is 35.5 Å². The lowest BCUT2D eigenvalue weighted by Crippen LogP contribution is -2.13. The number of aryl methyl sites for hydroxylation is 1. The van der Waals surface area contributed by atoms with Crippen molar-refractivity contribution in [1.29, 1.82) is 0 Å². The van der Waals surface area contributed by atoms with Gasteiger partial charge >= 0.3 is 0 Å². The molecular formula is C21H21N3O2S. The van der Waals surface area contributed by atoms with Crippen LogP contribution in [0.2, 0.25) is 0 Å². The third-order valence-corrected chi connectivity index (χ3v) is 5.13. The normalized spacial score (nSPS) is 10.4. The van der Waals surface area contributed by atoms with Crippen LogP contribution in [-0.4, -0.2) is 16.8 Å². The summed E-state index contributed by atoms with van der Waals surface area (Å²) in [4.78, 5) is 29.9. The summed E-state index contributed by atoms with van der Waals surface area (Å²) in [6.07, 6.45) is 1.23. The third kappa shape index (κ3) is 4.60. The molecule has 2 N–H and O–H groups in total. The first kappa shape index (κ1) is 18.8. The average Bonchev–Trinajstić information content (AvgIpc) is 3.11. The van der Waals surface area contributed by atoms with Crippen LogP contribution in [0.3, 0.4) is 0 Å². The Morgan fingerprint density at radius 2 is 1.78 bits per heavy atom. The number of amides is 2. The van der Waals surface area contributed by atoms with Gasteiger partial charge in [-0.15, -0.1) is 11.3 Å². The minimum atomic E-state index is -0.251. The van der Waals surface area contributed by atoms with Gasteiger partial charge in [0.25, 0.3) is 5.91 Å². The van der Waals surface area contributed by atoms with E-state index >= 15 is 0 Å². The molecule has 0 fully saturated rings. The fourth-order valence-corrected chi connectivity index (χ4v) is 3.54. The monoisotopic (exact) mass is 379 g/mol. The second-order valence-electron chi connectivity index (χ2n) is 5.95. The fraction of sp³-hybridized carbons (Fsp3) is 0.190. The molecule has 0 bridgehead atoms. The van der Waals surface area contributed by atoms with E-state index in [1.165, 1.54) is 11.3 Å². The van der Waals surface area contributed by atoms with E-state index in [1.54, 1.807) is 31.2 Å². The third-order valence-electron chi connectivity index (χ3n) is 4.02. The van der Waals surface area contributed by atoms with Gasteiger partial charge in [0, 0.05) is 28.1 Å². The molecule has 2 aromatic carbocycles. The maximum Gasteiger partial charge on any atom is 0.257 e. The van der Waals surface area contributed by atoms with E-state index in [0.717, 1.165) is 22.6 Å². The van der Waals surface area contributed by atoms with Crippen molar-refractivity contribution in [1.82, 2.24) is 4.98 Å². The molecule has 5 nitrogen and oxygen atoms in total. The van der Waals surface area contributed by atoms with E-state index in [4.69, 9.17) is 0 Å². The van der Waals surface area contributed by atoms with Crippen LogP contribution in [-0.2, 0) is 11.2 Å². The van der Waals surface area contributed by atoms with Gasteiger partial charge in [-0.25, -0.2) is 4.98 Å². The maximum absolute atomic E-state index is 12.6. The van der Waals surface area contributed by atoms with E-state index in [0.29, 0.717) is 22.8 Å². The minimum Gasteiger partial charge on any atom is -0.326 e. The minimum absolute atomic E-state index is 0.0902. The number of benzene rings is 2. The number of thiazole rings is 1. The molecule has 0 radical (unpaired) electrons. The highest BCUT2D eigenvalue weighted by Gasteiger charge is 2.15. The van der Waals surface area contributed by atoms with E-state index in [-0.39, 0.29) is 11.8 Å². The molecule has 2 amide bonds. The Labute approximate surface area is 162 Å². The van der Waals surface area contributed by atoms with Gasteiger partial charge in [-0.3, -0.25) is 14.9 Å². The van der Waals surface area contributed by atoms with Crippen LogP contribution in [0, 0.1) is 0 Å². The molecule has 0 saturated carbocycles. The first-order chi connectivity index (χ1) is 13.1. The number of anilines is 2. The van der Waals surface area contributed by atoms with Gasteiger partial charge in [-0.2, -0.15) is 0 Å². The fourth-order valence-electron chi connectivity index (χ4n) is 2.62. The van der Waals surface area contributed by atoms with Gasteiger partial charge < -0.3 is 5.32 Å². The number of hydrogen-bond donors (Lipinski definition) is 2. The van der Waals surface area contributed by atoms with Gasteiger partial charge in [0.15, 0.2) is 5.13 Å². The lowest BCUT2D eigenvalue weighted by Gasteiger charge is -2.06. The molecular weight excluding hydrogens is 358 g/mol. The number of nitrogens with one attached hydrogen (secondary N) is 2. The van der Waals surface area contributed by atoms with Crippen LogP contribution in [0.25, 0.3) is 11.3 Å². The van der Waals surface area contributed by atoms with Crippen molar-refractivity contribution in [2.75, 3.05) is 10.6 Å². The second-order valence-corrected chi connectivity index (χ2v) is 7.03. The molecule has 3 rings (SSSR count). The molecule has 6 heteroatoms. The number of rotatable bonds is 6. The first-order valence-corrected chi connectivity index (χ1v) is 9.68. The van der Waals surface area contributed by atoms with E-state index in [1.807, 2.05) is 30.3 Å². The predicted octanol–water partition coefficient (Wildman–Crippen LogP) is 4.97. The standard InChI is InChI=1S/C21H21N3O2S/c1-3-17-19(14-9-6-5-7-10-14)23-21(27-17)24-20(26)15-11-8-12-16(13-15)22-18(25)4-2/h5-13H,3-4H2,1-2H3,(H,22,25)(H,23,24,26). The number of hydrogen-bond acceptors (Lipinski definition) is 4. The Bertz CT molecular complexity index is 951. The second kappa shape index (κ2) is 8.60. The van der Waals surface area contributed by atoms with E-state index in [2.05, 4.69) is 22.5 Å². The topological polar surface area (TPSA) is 71.1 Å². The molecule has 138 valence electrons. The summed E-state index contributed by atoms with van der Waals surface area (Å²) in [7, 11) is 0. The number of carbonyl (C=O) groups is 2. The van der Waals surface area contributed by atoms with Crippen molar-refractivity contribution in [2.24, 2.45) is 0 Å². The maximum atomic E-state index is 12.6. The summed E-state index contributed by atoms with van der Waals surface area (Å²) in [5.41, 5.74) is 3.02. The van der Waals surface area contributed by atoms with Crippen molar-refractivity contribution in [3.05, 3.63) is 65.0 Å². The highest BCUT2D eigenvalue weighted by atomic mass is 32.1. The Hall–Kier alpha value is -2.99. The van der Waals surface area contributed by atoms with Gasteiger partial charge in [0.05, 0.1) is 5.69 Å². The van der Waals surface area contributed by atoms with Crippen molar-refractivity contribution in [3.8, 4) is 11.3 Å². The van der Waals surface area contributed by atoms with Crippen LogP contribution >= 0.6 is 11.3 Å². The summed E-state index contributed by atoms with van der Waals surface area (Å²) in [6.45, 7) is 3.86. The van der Waals surface area contributed by atoms with Gasteiger partial charge in [0.2, 0.25) is 5.91 Å². The Morgan fingerprint density at radius 3 is 2.48 bits per heavy atom. The van der Waals surface area contributed by atoms with Gasteiger partial charge in [0.1, 0.15) is 0 Å². The molecule has 0 aliphatic rings. The summed E-state index contributed by atoms with van der Waals surface area (Å²) < 4.78 is 0. The van der Waals surface area contributed by atoms with Crippen molar-refractivity contribution in [2.45, 2.75) is 26.7 Å². The summed E-state index contributed by atoms with van der Waals surface area (Å²) in [5.74, 6) is -0.341. The quantitative estimate of drug-likeness (QED) is 0.635. The van der Waals surface area contributed by atoms with Crippen molar-refractivity contribution >= 4 is 34.0 Å². The molecule has 0 unspecified atom stereocenters. The van der Waals surface area contributed by atoms with Crippen LogP contribution in [0.4, 0.5) is 10.8 Å². The van der Waals surface area contributed by atoms with Crippen molar-refractivity contribution in [3.63, 3.8) is 0 Å². The molecule has 0 saturated heterocycles. The zero-order valence-electron chi connectivity index (χ0n) is 15.3. The molecule has 0 aliphatic carbocycles. The smallest absolute Gasteiger partial charge is 0.257 e. The summed E-state index contributed by atoms with van der Waals surface area (Å²) in [5, 5.41) is 6.20. The zero-order valence-corrected chi connectivity index (χ0v) is 16.1. The zero-order chi connectivity index (χ0) is 19.2. The summed E-state index contributed by atoms with van der Waals surface area (Å²) in [6, 6.07) is 16.8. The molecule has 27 heavy (non-hydrogen) atoms. The SMILES string of the molecule is CCC(=O)Nc1cccc(C(=O)Nc2nc(-c3ccccc3)c(CC)s2)c1. The van der Waals surface area contributed by atoms with E-state index in [9.17, 15) is 9.59 Å². The lowest BCUT2D eigenvalue weighted by molar-refractivity contribution is -0.115.